The Labute approximate surface area is 172 Å². The molecule has 1 amide bonds. The second kappa shape index (κ2) is 9.22. The smallest absolute Gasteiger partial charge is 0.250 e. The van der Waals surface area contributed by atoms with Gasteiger partial charge in [0.25, 0.3) is 0 Å². The monoisotopic (exact) mass is 448 g/mol. The topological polar surface area (TPSA) is 92.3 Å². The predicted molar refractivity (Wildman–Crippen MR) is 112 cm³/mol. The second-order valence-corrected chi connectivity index (χ2v) is 11.1. The first-order valence-electron chi connectivity index (χ1n) is 8.17. The van der Waals surface area contributed by atoms with Gasteiger partial charge in [0.05, 0.1) is 11.9 Å². The molecule has 1 aromatic carbocycles. The quantitative estimate of drug-likeness (QED) is 0.486. The molecular weight excluding hydrogens is 428 g/mol. The number of amides is 1. The van der Waals surface area contributed by atoms with Gasteiger partial charge in [-0.05, 0) is 30.7 Å². The number of thioether (sulfide) groups is 1. The first-order chi connectivity index (χ1) is 12.6. The Kier molecular flexibility index (Phi) is 7.49. The number of nitrogens with zero attached hydrogens (tertiary/aromatic N) is 3. The van der Waals surface area contributed by atoms with Crippen LogP contribution in [0.2, 0.25) is 5.02 Å². The molecular formula is C16H21ClN4O3S3. The maximum Gasteiger partial charge on any atom is 0.250 e. The van der Waals surface area contributed by atoms with E-state index in [4.69, 9.17) is 11.6 Å². The Morgan fingerprint density at radius 2 is 1.93 bits per heavy atom. The van der Waals surface area contributed by atoms with Gasteiger partial charge < -0.3 is 0 Å². The average molecular weight is 449 g/mol. The van der Waals surface area contributed by atoms with Crippen molar-refractivity contribution in [3.05, 3.63) is 29.3 Å². The van der Waals surface area contributed by atoms with E-state index in [-0.39, 0.29) is 6.42 Å². The molecule has 0 saturated carbocycles. The minimum Gasteiger partial charge on any atom is -0.299 e. The van der Waals surface area contributed by atoms with Crippen LogP contribution in [0.4, 0.5) is 10.8 Å². The van der Waals surface area contributed by atoms with E-state index < -0.39 is 22.0 Å². The molecule has 148 valence electrons. The molecule has 2 aromatic rings. The summed E-state index contributed by atoms with van der Waals surface area (Å²) in [5.74, 6) is -0.463. The van der Waals surface area contributed by atoms with Crippen molar-refractivity contribution >= 4 is 61.4 Å². The highest BCUT2D eigenvalue weighted by Crippen LogP contribution is 2.29. The molecule has 0 aliphatic heterocycles. The highest BCUT2D eigenvalue weighted by molar-refractivity contribution is 8.01. The maximum atomic E-state index is 12.8. The Hall–Kier alpha value is -1.36. The highest BCUT2D eigenvalue weighted by atomic mass is 35.5. The minimum atomic E-state index is -3.70. The third-order valence-corrected chi connectivity index (χ3v) is 6.74. The van der Waals surface area contributed by atoms with Gasteiger partial charge in [0.15, 0.2) is 4.34 Å². The van der Waals surface area contributed by atoms with Gasteiger partial charge in [0, 0.05) is 10.3 Å². The summed E-state index contributed by atoms with van der Waals surface area (Å²) in [6.45, 7) is 5.82. The molecule has 0 bridgehead atoms. The zero-order valence-corrected chi connectivity index (χ0v) is 18.5. The number of halogens is 1. The van der Waals surface area contributed by atoms with Gasteiger partial charge in [-0.25, -0.2) is 8.42 Å². The van der Waals surface area contributed by atoms with Crippen LogP contribution in [0.1, 0.15) is 27.2 Å². The van der Waals surface area contributed by atoms with Gasteiger partial charge in [-0.2, -0.15) is 0 Å². The summed E-state index contributed by atoms with van der Waals surface area (Å²) in [4.78, 5) is 12.8. The lowest BCUT2D eigenvalue weighted by Gasteiger charge is -2.29. The third kappa shape index (κ3) is 6.06. The van der Waals surface area contributed by atoms with Crippen LogP contribution in [-0.2, 0) is 14.8 Å². The van der Waals surface area contributed by atoms with E-state index in [2.05, 4.69) is 15.5 Å². The Morgan fingerprint density at radius 3 is 2.44 bits per heavy atom. The van der Waals surface area contributed by atoms with Crippen molar-refractivity contribution < 1.29 is 13.2 Å². The number of benzene rings is 1. The number of anilines is 2. The molecule has 1 aromatic heterocycles. The molecule has 7 nitrogen and oxygen atoms in total. The van der Waals surface area contributed by atoms with E-state index in [1.807, 2.05) is 13.8 Å². The Bertz CT molecular complexity index is 885. The summed E-state index contributed by atoms with van der Waals surface area (Å²) in [6.07, 6.45) is 1.35. The molecule has 0 saturated heterocycles. The second-order valence-electron chi connectivity index (χ2n) is 5.99. The van der Waals surface area contributed by atoms with Gasteiger partial charge in [0.1, 0.15) is 6.04 Å². The fourth-order valence-corrected chi connectivity index (χ4v) is 5.66. The van der Waals surface area contributed by atoms with Crippen LogP contribution >= 0.6 is 34.7 Å². The molecule has 0 fully saturated rings. The molecule has 2 rings (SSSR count). The van der Waals surface area contributed by atoms with Crippen LogP contribution in [0.3, 0.4) is 0 Å². The third-order valence-electron chi connectivity index (χ3n) is 3.38. The molecule has 11 heteroatoms. The average Bonchev–Trinajstić information content (AvgIpc) is 2.98. The molecule has 0 spiro atoms. The molecule has 1 N–H and O–H groups in total. The first kappa shape index (κ1) is 21.9. The lowest BCUT2D eigenvalue weighted by molar-refractivity contribution is -0.117. The number of carbonyl (C=O) groups is 1. The summed E-state index contributed by atoms with van der Waals surface area (Å²) in [7, 11) is -3.70. The molecule has 27 heavy (non-hydrogen) atoms. The number of hydrogen-bond acceptors (Lipinski definition) is 7. The number of carbonyl (C=O) groups excluding carboxylic acids is 1. The Morgan fingerprint density at radius 1 is 1.30 bits per heavy atom. The summed E-state index contributed by atoms with van der Waals surface area (Å²) in [6, 6.07) is 5.38. The van der Waals surface area contributed by atoms with Crippen LogP contribution < -0.4 is 9.62 Å². The van der Waals surface area contributed by atoms with Crippen molar-refractivity contribution in [3.8, 4) is 0 Å². The zero-order valence-electron chi connectivity index (χ0n) is 15.3. The zero-order chi connectivity index (χ0) is 20.2. The van der Waals surface area contributed by atoms with E-state index in [1.54, 1.807) is 43.0 Å². The first-order valence-corrected chi connectivity index (χ1v) is 12.1. The van der Waals surface area contributed by atoms with Crippen LogP contribution in [-0.4, -0.2) is 42.1 Å². The van der Waals surface area contributed by atoms with E-state index in [0.717, 1.165) is 14.9 Å². The molecule has 0 aliphatic rings. The molecule has 1 atom stereocenters. The largest absolute Gasteiger partial charge is 0.299 e. The van der Waals surface area contributed by atoms with Gasteiger partial charge in [-0.1, -0.05) is 55.5 Å². The Balaban J connectivity index is 2.26. The summed E-state index contributed by atoms with van der Waals surface area (Å²) >= 11 is 8.69. The fraction of sp³-hybridized carbons (Fsp3) is 0.438. The SMILES string of the molecule is CC[C@H](C(=O)Nc1nnc(SC(C)C)s1)N(c1ccc(Cl)cc1)S(C)(=O)=O. The van der Waals surface area contributed by atoms with E-state index in [9.17, 15) is 13.2 Å². The predicted octanol–water partition coefficient (Wildman–Crippen LogP) is 3.88. The van der Waals surface area contributed by atoms with E-state index >= 15 is 0 Å². The van der Waals surface area contributed by atoms with Crippen LogP contribution in [0.15, 0.2) is 28.6 Å². The van der Waals surface area contributed by atoms with E-state index in [0.29, 0.717) is 21.1 Å². The van der Waals surface area contributed by atoms with Crippen molar-refractivity contribution in [2.24, 2.45) is 0 Å². The summed E-state index contributed by atoms with van der Waals surface area (Å²) < 4.78 is 26.6. The molecule has 1 heterocycles. The lowest BCUT2D eigenvalue weighted by Crippen LogP contribution is -2.46. The maximum absolute atomic E-state index is 12.8. The van der Waals surface area contributed by atoms with Crippen molar-refractivity contribution in [1.29, 1.82) is 0 Å². The van der Waals surface area contributed by atoms with Crippen molar-refractivity contribution in [2.75, 3.05) is 15.9 Å². The minimum absolute atomic E-state index is 0.286. The highest BCUT2D eigenvalue weighted by Gasteiger charge is 2.32. The van der Waals surface area contributed by atoms with Crippen LogP contribution in [0.5, 0.6) is 0 Å². The number of nitrogens with one attached hydrogen (secondary N) is 1. The number of rotatable bonds is 8. The summed E-state index contributed by atoms with van der Waals surface area (Å²) in [5, 5.41) is 11.8. The van der Waals surface area contributed by atoms with Gasteiger partial charge in [-0.3, -0.25) is 14.4 Å². The molecule has 0 unspecified atom stereocenters. The number of hydrogen-bond donors (Lipinski definition) is 1. The lowest BCUT2D eigenvalue weighted by atomic mass is 10.2. The van der Waals surface area contributed by atoms with E-state index in [1.165, 1.54) is 11.3 Å². The van der Waals surface area contributed by atoms with Crippen molar-refractivity contribution in [3.63, 3.8) is 0 Å². The van der Waals surface area contributed by atoms with Crippen molar-refractivity contribution in [2.45, 2.75) is 42.8 Å². The van der Waals surface area contributed by atoms with Crippen molar-refractivity contribution in [1.82, 2.24) is 10.2 Å². The normalized spacial score (nSPS) is 12.8. The van der Waals surface area contributed by atoms with Gasteiger partial charge in [0.2, 0.25) is 21.1 Å². The van der Waals surface area contributed by atoms with Gasteiger partial charge in [-0.15, -0.1) is 10.2 Å². The standard InChI is InChI=1S/C16H21ClN4O3S3/c1-5-13(14(22)18-15-19-20-16(26-15)25-10(2)3)21(27(4,23)24)12-8-6-11(17)7-9-12/h6-10,13H,5H2,1-4H3,(H,18,19,22)/t13-/m1/s1. The van der Waals surface area contributed by atoms with Gasteiger partial charge >= 0.3 is 0 Å². The molecule has 0 aliphatic carbocycles. The van der Waals surface area contributed by atoms with Crippen LogP contribution in [0.25, 0.3) is 0 Å². The van der Waals surface area contributed by atoms with Crippen LogP contribution in [0, 0.1) is 0 Å². The molecule has 0 radical (unpaired) electrons. The summed E-state index contributed by atoms with van der Waals surface area (Å²) in [5.41, 5.74) is 0.372. The fourth-order valence-electron chi connectivity index (χ4n) is 2.35. The number of sulfonamides is 1. The number of aromatic nitrogens is 2.